The first kappa shape index (κ1) is 15.7. The molecule has 0 fully saturated rings. The predicted octanol–water partition coefficient (Wildman–Crippen LogP) is 1.40. The first-order valence-corrected chi connectivity index (χ1v) is 7.64. The Hall–Kier alpha value is -2.71. The first-order chi connectivity index (χ1) is 10.5. The lowest BCUT2D eigenvalue weighted by molar-refractivity contribution is -0.124. The molecule has 0 spiro atoms. The number of hydrogen-bond donors (Lipinski definition) is 3. The van der Waals surface area contributed by atoms with Crippen LogP contribution in [0.15, 0.2) is 59.8 Å². The number of anilines is 1. The molecule has 8 heteroatoms. The third kappa shape index (κ3) is 4.14. The Balaban J connectivity index is 2.12. The lowest BCUT2D eigenvalue weighted by Gasteiger charge is -2.07. The average molecular weight is 319 g/mol. The van der Waals surface area contributed by atoms with Gasteiger partial charge in [-0.25, -0.2) is 13.9 Å². The summed E-state index contributed by atoms with van der Waals surface area (Å²) in [4.78, 5) is 14.7. The Morgan fingerprint density at radius 2 is 1.91 bits per heavy atom. The lowest BCUT2D eigenvalue weighted by atomic mass is 10.2. The average Bonchev–Trinajstić information content (AvgIpc) is 2.54. The van der Waals surface area contributed by atoms with Crippen molar-refractivity contribution in [3.63, 3.8) is 0 Å². The highest BCUT2D eigenvalue weighted by molar-refractivity contribution is 7.92. The number of nitrogens with zero attached hydrogens (tertiary/aromatic N) is 1. The number of rotatable bonds is 5. The smallest absolute Gasteiger partial charge is 0.267 e. The summed E-state index contributed by atoms with van der Waals surface area (Å²) in [5, 5.41) is 8.36. The molecule has 0 saturated heterocycles. The number of sulfonamides is 1. The Bertz CT molecular complexity index is 771. The van der Waals surface area contributed by atoms with Crippen molar-refractivity contribution in [3.05, 3.63) is 60.4 Å². The van der Waals surface area contributed by atoms with Crippen molar-refractivity contribution in [2.75, 3.05) is 4.72 Å². The van der Waals surface area contributed by atoms with Crippen LogP contribution in [-0.4, -0.2) is 24.5 Å². The van der Waals surface area contributed by atoms with E-state index in [2.05, 4.69) is 9.71 Å². The number of hydrogen-bond acceptors (Lipinski definition) is 5. The van der Waals surface area contributed by atoms with E-state index < -0.39 is 15.9 Å². The molecule has 3 N–H and O–H groups in total. The van der Waals surface area contributed by atoms with Crippen molar-refractivity contribution in [3.8, 4) is 0 Å². The first-order valence-electron chi connectivity index (χ1n) is 6.16. The second kappa shape index (κ2) is 6.83. The van der Waals surface area contributed by atoms with E-state index in [9.17, 15) is 13.2 Å². The lowest BCUT2D eigenvalue weighted by Crippen LogP contribution is -2.14. The molecule has 0 radical (unpaired) electrons. The van der Waals surface area contributed by atoms with Crippen LogP contribution in [0.25, 0.3) is 6.08 Å². The van der Waals surface area contributed by atoms with Crippen LogP contribution in [-0.2, 0) is 14.8 Å². The van der Waals surface area contributed by atoms with E-state index in [0.29, 0.717) is 11.3 Å². The van der Waals surface area contributed by atoms with Gasteiger partial charge in [0.05, 0.1) is 0 Å². The number of pyridine rings is 1. The Morgan fingerprint density at radius 1 is 1.18 bits per heavy atom. The fourth-order valence-electron chi connectivity index (χ4n) is 1.59. The highest BCUT2D eigenvalue weighted by Gasteiger charge is 2.13. The van der Waals surface area contributed by atoms with Crippen molar-refractivity contribution >= 4 is 27.7 Å². The minimum absolute atomic E-state index is 0.0681. The summed E-state index contributed by atoms with van der Waals surface area (Å²) in [7, 11) is -3.68. The van der Waals surface area contributed by atoms with Crippen molar-refractivity contribution < 1.29 is 18.4 Å². The molecular formula is C14H13N3O4S. The van der Waals surface area contributed by atoms with Crippen LogP contribution in [0.3, 0.4) is 0 Å². The maximum Gasteiger partial charge on any atom is 0.267 e. The van der Waals surface area contributed by atoms with Gasteiger partial charge in [-0.1, -0.05) is 12.1 Å². The third-order valence-electron chi connectivity index (χ3n) is 2.64. The van der Waals surface area contributed by atoms with E-state index in [1.165, 1.54) is 36.1 Å². The largest absolute Gasteiger partial charge is 0.288 e. The van der Waals surface area contributed by atoms with Gasteiger partial charge < -0.3 is 0 Å². The van der Waals surface area contributed by atoms with Crippen molar-refractivity contribution in [2.24, 2.45) is 0 Å². The zero-order valence-electron chi connectivity index (χ0n) is 11.3. The zero-order valence-corrected chi connectivity index (χ0v) is 12.1. The molecule has 0 unspecified atom stereocenters. The van der Waals surface area contributed by atoms with Crippen LogP contribution in [0.2, 0.25) is 0 Å². The second-order valence-electron chi connectivity index (χ2n) is 4.23. The SMILES string of the molecule is O=C(C=Cc1ccc(NS(=O)(=O)c2cccnc2)cc1)NO. The molecule has 114 valence electrons. The van der Waals surface area contributed by atoms with Gasteiger partial charge in [0.25, 0.3) is 15.9 Å². The molecule has 0 saturated carbocycles. The molecule has 7 nitrogen and oxygen atoms in total. The summed E-state index contributed by atoms with van der Waals surface area (Å²) in [5.41, 5.74) is 2.53. The molecule has 1 aromatic heterocycles. The maximum absolute atomic E-state index is 12.1. The second-order valence-corrected chi connectivity index (χ2v) is 5.91. The summed E-state index contributed by atoms with van der Waals surface area (Å²) in [6, 6.07) is 9.36. The van der Waals surface area contributed by atoms with E-state index in [1.807, 2.05) is 0 Å². The molecule has 2 aromatic rings. The molecule has 0 aliphatic rings. The quantitative estimate of drug-likeness (QED) is 0.438. The Kier molecular flexibility index (Phi) is 4.87. The third-order valence-corrected chi connectivity index (χ3v) is 4.01. The summed E-state index contributed by atoms with van der Waals surface area (Å²) < 4.78 is 26.6. The molecule has 1 aromatic carbocycles. The zero-order chi connectivity index (χ0) is 16.0. The minimum Gasteiger partial charge on any atom is -0.288 e. The van der Waals surface area contributed by atoms with Gasteiger partial charge in [-0.05, 0) is 35.9 Å². The molecule has 0 aliphatic carbocycles. The van der Waals surface area contributed by atoms with Gasteiger partial charge in [-0.3, -0.25) is 19.7 Å². The summed E-state index contributed by atoms with van der Waals surface area (Å²) in [5.74, 6) is -0.652. The highest BCUT2D eigenvalue weighted by Crippen LogP contribution is 2.16. The van der Waals surface area contributed by atoms with Gasteiger partial charge in [0.2, 0.25) is 0 Å². The van der Waals surface area contributed by atoms with Gasteiger partial charge in [0.1, 0.15) is 4.90 Å². The number of hydroxylamine groups is 1. The van der Waals surface area contributed by atoms with Crippen LogP contribution in [0.1, 0.15) is 5.56 Å². The van der Waals surface area contributed by atoms with Gasteiger partial charge in [-0.2, -0.15) is 0 Å². The predicted molar refractivity (Wildman–Crippen MR) is 80.5 cm³/mol. The number of benzene rings is 1. The number of aromatic nitrogens is 1. The molecule has 1 amide bonds. The van der Waals surface area contributed by atoms with Crippen LogP contribution in [0.4, 0.5) is 5.69 Å². The van der Waals surface area contributed by atoms with Gasteiger partial charge in [-0.15, -0.1) is 0 Å². The number of nitrogens with one attached hydrogen (secondary N) is 2. The molecule has 0 aliphatic heterocycles. The molecule has 1 heterocycles. The molecule has 0 atom stereocenters. The fourth-order valence-corrected chi connectivity index (χ4v) is 2.61. The standard InChI is InChI=1S/C14H13N3O4S/c18-14(16-19)8-5-11-3-6-12(7-4-11)17-22(20,21)13-2-1-9-15-10-13/h1-10,17,19H,(H,16,18). The molecule has 0 bridgehead atoms. The minimum atomic E-state index is -3.68. The number of carbonyl (C=O) groups excluding carboxylic acids is 1. The van der Waals surface area contributed by atoms with Crippen LogP contribution >= 0.6 is 0 Å². The Morgan fingerprint density at radius 3 is 2.50 bits per heavy atom. The van der Waals surface area contributed by atoms with Crippen LogP contribution in [0.5, 0.6) is 0 Å². The van der Waals surface area contributed by atoms with Crippen molar-refractivity contribution in [1.82, 2.24) is 10.5 Å². The summed E-state index contributed by atoms with van der Waals surface area (Å²) >= 11 is 0. The van der Waals surface area contributed by atoms with Crippen LogP contribution in [0, 0.1) is 0 Å². The van der Waals surface area contributed by atoms with Crippen molar-refractivity contribution in [1.29, 1.82) is 0 Å². The molecule has 22 heavy (non-hydrogen) atoms. The Labute approximate surface area is 127 Å². The topological polar surface area (TPSA) is 108 Å². The highest BCUT2D eigenvalue weighted by atomic mass is 32.2. The van der Waals surface area contributed by atoms with E-state index in [4.69, 9.17) is 5.21 Å². The van der Waals surface area contributed by atoms with Crippen molar-refractivity contribution in [2.45, 2.75) is 4.90 Å². The fraction of sp³-hybridized carbons (Fsp3) is 0. The van der Waals surface area contributed by atoms with Gasteiger partial charge in [0.15, 0.2) is 0 Å². The summed E-state index contributed by atoms with van der Waals surface area (Å²) in [6.45, 7) is 0. The number of amides is 1. The molecular weight excluding hydrogens is 306 g/mol. The van der Waals surface area contributed by atoms with E-state index in [-0.39, 0.29) is 4.90 Å². The van der Waals surface area contributed by atoms with Gasteiger partial charge in [0, 0.05) is 24.2 Å². The van der Waals surface area contributed by atoms with E-state index in [1.54, 1.807) is 24.3 Å². The monoisotopic (exact) mass is 319 g/mol. The van der Waals surface area contributed by atoms with Crippen LogP contribution < -0.4 is 10.2 Å². The number of carbonyl (C=O) groups is 1. The normalized spacial score (nSPS) is 11.3. The molecule has 2 rings (SSSR count). The summed E-state index contributed by atoms with van der Waals surface area (Å²) in [6.07, 6.45) is 5.37. The van der Waals surface area contributed by atoms with E-state index in [0.717, 1.165) is 6.08 Å². The maximum atomic E-state index is 12.1. The van der Waals surface area contributed by atoms with Gasteiger partial charge >= 0.3 is 0 Å². The van der Waals surface area contributed by atoms with E-state index >= 15 is 0 Å².